The summed E-state index contributed by atoms with van der Waals surface area (Å²) in [5.74, 6) is -0.389. The van der Waals surface area contributed by atoms with Crippen molar-refractivity contribution in [3.05, 3.63) is 53.5 Å². The molecule has 0 saturated carbocycles. The molecule has 0 saturated heterocycles. The number of aromatic carboxylic acids is 1. The molecule has 17 heavy (non-hydrogen) atoms. The second kappa shape index (κ2) is 5.10. The van der Waals surface area contributed by atoms with E-state index in [1.807, 2.05) is 31.2 Å². The van der Waals surface area contributed by atoms with Crippen LogP contribution in [0, 0.1) is 6.92 Å². The van der Waals surface area contributed by atoms with Crippen LogP contribution in [-0.4, -0.2) is 11.1 Å². The number of carboxylic acids is 1. The third-order valence-corrected chi connectivity index (χ3v) is 3.42. The van der Waals surface area contributed by atoms with E-state index in [-0.39, 0.29) is 5.76 Å². The SMILES string of the molecule is Cc1ccc(SCc2ccoc2C(=O)O)cc1. The maximum Gasteiger partial charge on any atom is 0.372 e. The number of hydrogen-bond acceptors (Lipinski definition) is 3. The fourth-order valence-corrected chi connectivity index (χ4v) is 2.31. The lowest BCUT2D eigenvalue weighted by atomic mass is 10.2. The van der Waals surface area contributed by atoms with Gasteiger partial charge in [0.25, 0.3) is 0 Å². The first-order valence-corrected chi connectivity index (χ1v) is 6.14. The fourth-order valence-electron chi connectivity index (χ4n) is 1.43. The van der Waals surface area contributed by atoms with Crippen LogP contribution in [0.5, 0.6) is 0 Å². The van der Waals surface area contributed by atoms with Crippen LogP contribution >= 0.6 is 11.8 Å². The molecule has 1 N–H and O–H groups in total. The first-order valence-electron chi connectivity index (χ1n) is 5.16. The topological polar surface area (TPSA) is 50.4 Å². The molecule has 2 aromatic rings. The summed E-state index contributed by atoms with van der Waals surface area (Å²) in [5.41, 5.74) is 1.92. The summed E-state index contributed by atoms with van der Waals surface area (Å²) in [6.07, 6.45) is 1.41. The quantitative estimate of drug-likeness (QED) is 0.840. The maximum absolute atomic E-state index is 10.8. The minimum Gasteiger partial charge on any atom is -0.475 e. The Hall–Kier alpha value is -1.68. The molecular weight excluding hydrogens is 236 g/mol. The van der Waals surface area contributed by atoms with Crippen LogP contribution in [0.3, 0.4) is 0 Å². The Kier molecular flexibility index (Phi) is 3.54. The molecule has 0 aliphatic heterocycles. The Morgan fingerprint density at radius 1 is 1.29 bits per heavy atom. The van der Waals surface area contributed by atoms with Crippen LogP contribution in [-0.2, 0) is 5.75 Å². The molecule has 0 unspecified atom stereocenters. The Bertz CT molecular complexity index is 514. The van der Waals surface area contributed by atoms with Crippen molar-refractivity contribution in [1.29, 1.82) is 0 Å². The molecule has 0 amide bonds. The molecule has 1 heterocycles. The standard InChI is InChI=1S/C13H12O3S/c1-9-2-4-11(5-3-9)17-8-10-6-7-16-12(10)13(14)15/h2-7H,8H2,1H3,(H,14,15). The predicted molar refractivity (Wildman–Crippen MR) is 66.4 cm³/mol. The molecule has 0 fully saturated rings. The van der Waals surface area contributed by atoms with Crippen LogP contribution in [0.1, 0.15) is 21.7 Å². The number of thioether (sulfide) groups is 1. The van der Waals surface area contributed by atoms with Crippen molar-refractivity contribution in [2.24, 2.45) is 0 Å². The average molecular weight is 248 g/mol. The van der Waals surface area contributed by atoms with Gasteiger partial charge in [-0.1, -0.05) is 17.7 Å². The van der Waals surface area contributed by atoms with Crippen LogP contribution in [0.4, 0.5) is 0 Å². The van der Waals surface area contributed by atoms with Gasteiger partial charge in [-0.15, -0.1) is 11.8 Å². The van der Waals surface area contributed by atoms with E-state index in [0.717, 1.165) is 4.90 Å². The van der Waals surface area contributed by atoms with Crippen LogP contribution < -0.4 is 0 Å². The molecule has 0 bridgehead atoms. The van der Waals surface area contributed by atoms with E-state index < -0.39 is 5.97 Å². The number of rotatable bonds is 4. The minimum atomic E-state index is -1.02. The van der Waals surface area contributed by atoms with Gasteiger partial charge in [-0.05, 0) is 25.1 Å². The number of carbonyl (C=O) groups is 1. The number of hydrogen-bond donors (Lipinski definition) is 1. The highest BCUT2D eigenvalue weighted by molar-refractivity contribution is 7.98. The molecular formula is C13H12O3S. The summed E-state index contributed by atoms with van der Waals surface area (Å²) in [7, 11) is 0. The van der Waals surface area contributed by atoms with Crippen molar-refractivity contribution in [1.82, 2.24) is 0 Å². The van der Waals surface area contributed by atoms with Crippen LogP contribution in [0.15, 0.2) is 45.9 Å². The van der Waals surface area contributed by atoms with Gasteiger partial charge < -0.3 is 9.52 Å². The molecule has 88 valence electrons. The third-order valence-electron chi connectivity index (χ3n) is 2.36. The lowest BCUT2D eigenvalue weighted by Crippen LogP contribution is -1.97. The van der Waals surface area contributed by atoms with Gasteiger partial charge >= 0.3 is 5.97 Å². The molecule has 1 aromatic heterocycles. The van der Waals surface area contributed by atoms with Gasteiger partial charge in [0, 0.05) is 16.2 Å². The first kappa shape index (κ1) is 11.8. The molecule has 4 heteroatoms. The largest absolute Gasteiger partial charge is 0.475 e. The molecule has 0 spiro atoms. The molecule has 1 aromatic carbocycles. The average Bonchev–Trinajstić information content (AvgIpc) is 2.76. The predicted octanol–water partition coefficient (Wildman–Crippen LogP) is 3.58. The van der Waals surface area contributed by atoms with E-state index in [4.69, 9.17) is 9.52 Å². The molecule has 0 radical (unpaired) electrons. The zero-order chi connectivity index (χ0) is 12.3. The highest BCUT2D eigenvalue weighted by atomic mass is 32.2. The summed E-state index contributed by atoms with van der Waals surface area (Å²) in [5, 5.41) is 8.89. The fraction of sp³-hybridized carbons (Fsp3) is 0.154. The number of aryl methyl sites for hydroxylation is 1. The number of furan rings is 1. The Balaban J connectivity index is 2.05. The van der Waals surface area contributed by atoms with E-state index in [9.17, 15) is 4.79 Å². The summed E-state index contributed by atoms with van der Waals surface area (Å²) in [4.78, 5) is 12.0. The normalized spacial score (nSPS) is 10.4. The van der Waals surface area contributed by atoms with E-state index in [1.54, 1.807) is 17.8 Å². The van der Waals surface area contributed by atoms with Crippen molar-refractivity contribution >= 4 is 17.7 Å². The number of benzene rings is 1. The summed E-state index contributed by atoms with van der Waals surface area (Å²) in [6, 6.07) is 9.83. The molecule has 3 nitrogen and oxygen atoms in total. The van der Waals surface area contributed by atoms with Crippen molar-refractivity contribution in [2.45, 2.75) is 17.6 Å². The lowest BCUT2D eigenvalue weighted by Gasteiger charge is -2.01. The second-order valence-corrected chi connectivity index (χ2v) is 4.73. The van der Waals surface area contributed by atoms with Crippen molar-refractivity contribution in [2.75, 3.05) is 0 Å². The van der Waals surface area contributed by atoms with Gasteiger partial charge in [0.05, 0.1) is 6.26 Å². The zero-order valence-corrected chi connectivity index (χ0v) is 10.2. The monoisotopic (exact) mass is 248 g/mol. The lowest BCUT2D eigenvalue weighted by molar-refractivity contribution is 0.0661. The third kappa shape index (κ3) is 2.91. The molecule has 0 atom stereocenters. The summed E-state index contributed by atoms with van der Waals surface area (Å²) < 4.78 is 4.92. The van der Waals surface area contributed by atoms with Crippen molar-refractivity contribution in [3.8, 4) is 0 Å². The molecule has 0 aliphatic carbocycles. The van der Waals surface area contributed by atoms with E-state index >= 15 is 0 Å². The van der Waals surface area contributed by atoms with Crippen molar-refractivity contribution < 1.29 is 14.3 Å². The van der Waals surface area contributed by atoms with E-state index in [1.165, 1.54) is 11.8 Å². The van der Waals surface area contributed by atoms with Crippen molar-refractivity contribution in [3.63, 3.8) is 0 Å². The zero-order valence-electron chi connectivity index (χ0n) is 9.34. The van der Waals surface area contributed by atoms with Gasteiger partial charge in [-0.3, -0.25) is 0 Å². The minimum absolute atomic E-state index is 0.0320. The second-order valence-electron chi connectivity index (χ2n) is 3.68. The highest BCUT2D eigenvalue weighted by Gasteiger charge is 2.13. The van der Waals surface area contributed by atoms with Gasteiger partial charge in [0.2, 0.25) is 5.76 Å². The molecule has 0 aliphatic rings. The first-order chi connectivity index (χ1) is 8.16. The van der Waals surface area contributed by atoms with Gasteiger partial charge in [-0.2, -0.15) is 0 Å². The van der Waals surface area contributed by atoms with E-state index in [0.29, 0.717) is 11.3 Å². The summed E-state index contributed by atoms with van der Waals surface area (Å²) in [6.45, 7) is 2.03. The van der Waals surface area contributed by atoms with Crippen LogP contribution in [0.2, 0.25) is 0 Å². The molecule has 2 rings (SSSR count). The van der Waals surface area contributed by atoms with Gasteiger partial charge in [0.15, 0.2) is 0 Å². The Morgan fingerprint density at radius 3 is 2.65 bits per heavy atom. The Labute approximate surface area is 103 Å². The van der Waals surface area contributed by atoms with Crippen LogP contribution in [0.25, 0.3) is 0 Å². The maximum atomic E-state index is 10.8. The van der Waals surface area contributed by atoms with Gasteiger partial charge in [0.1, 0.15) is 0 Å². The summed E-state index contributed by atoms with van der Waals surface area (Å²) >= 11 is 1.60. The Morgan fingerprint density at radius 2 is 2.00 bits per heavy atom. The van der Waals surface area contributed by atoms with E-state index in [2.05, 4.69) is 0 Å². The highest BCUT2D eigenvalue weighted by Crippen LogP contribution is 2.25. The number of carboxylic acid groups (broad SMARTS) is 1. The smallest absolute Gasteiger partial charge is 0.372 e. The van der Waals surface area contributed by atoms with Gasteiger partial charge in [-0.25, -0.2) is 4.79 Å².